The summed E-state index contributed by atoms with van der Waals surface area (Å²) in [5, 5.41) is 5.79. The number of nitrogens with zero attached hydrogens (tertiary/aromatic N) is 4. The van der Waals surface area contributed by atoms with Crippen LogP contribution in [0, 0.1) is 0 Å². The number of benzene rings is 1. The highest BCUT2D eigenvalue weighted by Gasteiger charge is 2.27. The summed E-state index contributed by atoms with van der Waals surface area (Å²) < 4.78 is 0. The molecular formula is C14H20N4O. The minimum Gasteiger partial charge on any atom is -0.320 e. The molecule has 102 valence electrons. The second kappa shape index (κ2) is 6.33. The molecule has 1 saturated heterocycles. The van der Waals surface area contributed by atoms with E-state index in [2.05, 4.69) is 10.0 Å². The molecule has 1 fully saturated rings. The lowest BCUT2D eigenvalue weighted by Gasteiger charge is -2.18. The van der Waals surface area contributed by atoms with Gasteiger partial charge in [-0.15, -0.1) is 0 Å². The van der Waals surface area contributed by atoms with Gasteiger partial charge in [0, 0.05) is 19.6 Å². The lowest BCUT2D eigenvalue weighted by Crippen LogP contribution is -2.34. The Bertz CT molecular complexity index is 444. The molecule has 1 aromatic rings. The zero-order chi connectivity index (χ0) is 13.7. The van der Waals surface area contributed by atoms with E-state index in [9.17, 15) is 4.79 Å². The predicted molar refractivity (Wildman–Crippen MR) is 76.3 cm³/mol. The Kier molecular flexibility index (Phi) is 4.52. The van der Waals surface area contributed by atoms with Gasteiger partial charge in [-0.25, -0.2) is 9.80 Å². The normalized spacial score (nSPS) is 16.1. The SMILES string of the molecule is CN(C)CCN1CCN(/N=C/c2ccccc2)C1=O. The fourth-order valence-electron chi connectivity index (χ4n) is 1.88. The largest absolute Gasteiger partial charge is 0.340 e. The number of hydrazone groups is 1. The van der Waals surface area contributed by atoms with Crippen LogP contribution < -0.4 is 0 Å². The van der Waals surface area contributed by atoms with E-state index in [4.69, 9.17) is 0 Å². The monoisotopic (exact) mass is 260 g/mol. The van der Waals surface area contributed by atoms with E-state index in [0.29, 0.717) is 6.54 Å². The van der Waals surface area contributed by atoms with Gasteiger partial charge in [-0.05, 0) is 19.7 Å². The fourth-order valence-corrected chi connectivity index (χ4v) is 1.88. The van der Waals surface area contributed by atoms with Gasteiger partial charge in [-0.2, -0.15) is 5.10 Å². The summed E-state index contributed by atoms with van der Waals surface area (Å²) in [7, 11) is 4.01. The highest BCUT2D eigenvalue weighted by atomic mass is 16.2. The molecule has 5 nitrogen and oxygen atoms in total. The highest BCUT2D eigenvalue weighted by molar-refractivity contribution is 5.82. The average Bonchev–Trinajstić information content (AvgIpc) is 2.76. The third-order valence-corrected chi connectivity index (χ3v) is 3.04. The van der Waals surface area contributed by atoms with Gasteiger partial charge in [0.25, 0.3) is 0 Å². The lowest BCUT2D eigenvalue weighted by atomic mass is 10.2. The topological polar surface area (TPSA) is 39.1 Å². The molecular weight excluding hydrogens is 240 g/mol. The van der Waals surface area contributed by atoms with Crippen molar-refractivity contribution in [3.63, 3.8) is 0 Å². The van der Waals surface area contributed by atoms with Crippen LogP contribution in [0.15, 0.2) is 35.4 Å². The van der Waals surface area contributed by atoms with Crippen molar-refractivity contribution in [2.24, 2.45) is 5.10 Å². The molecule has 0 bridgehead atoms. The molecule has 0 aliphatic carbocycles. The summed E-state index contributed by atoms with van der Waals surface area (Å²) in [6.07, 6.45) is 1.73. The Morgan fingerprint density at radius 2 is 2.00 bits per heavy atom. The molecule has 0 atom stereocenters. The van der Waals surface area contributed by atoms with Crippen molar-refractivity contribution in [1.29, 1.82) is 0 Å². The first-order valence-corrected chi connectivity index (χ1v) is 6.47. The second-order valence-corrected chi connectivity index (χ2v) is 4.85. The highest BCUT2D eigenvalue weighted by Crippen LogP contribution is 2.09. The number of amides is 2. The molecule has 0 radical (unpaired) electrons. The summed E-state index contributed by atoms with van der Waals surface area (Å²) >= 11 is 0. The van der Waals surface area contributed by atoms with Gasteiger partial charge in [0.2, 0.25) is 0 Å². The van der Waals surface area contributed by atoms with Crippen LogP contribution in [0.1, 0.15) is 5.56 Å². The number of carbonyl (C=O) groups is 1. The molecule has 0 spiro atoms. The number of hydrogen-bond donors (Lipinski definition) is 0. The maximum absolute atomic E-state index is 12.1. The van der Waals surface area contributed by atoms with Crippen molar-refractivity contribution in [2.45, 2.75) is 0 Å². The van der Waals surface area contributed by atoms with Gasteiger partial charge in [0.05, 0.1) is 12.8 Å². The fraction of sp³-hybridized carbons (Fsp3) is 0.429. The minimum atomic E-state index is -0.00553. The molecule has 0 unspecified atom stereocenters. The molecule has 1 aliphatic rings. The maximum atomic E-state index is 12.1. The van der Waals surface area contributed by atoms with E-state index in [0.717, 1.165) is 25.2 Å². The van der Waals surface area contributed by atoms with Crippen LogP contribution in [0.4, 0.5) is 4.79 Å². The Labute approximate surface area is 114 Å². The van der Waals surface area contributed by atoms with Crippen molar-refractivity contribution in [2.75, 3.05) is 40.3 Å². The van der Waals surface area contributed by atoms with Crippen molar-refractivity contribution in [3.8, 4) is 0 Å². The smallest absolute Gasteiger partial charge is 0.320 e. The van der Waals surface area contributed by atoms with Crippen molar-refractivity contribution in [1.82, 2.24) is 14.8 Å². The van der Waals surface area contributed by atoms with E-state index >= 15 is 0 Å². The molecule has 1 aliphatic heterocycles. The second-order valence-electron chi connectivity index (χ2n) is 4.85. The van der Waals surface area contributed by atoms with Gasteiger partial charge < -0.3 is 9.80 Å². The van der Waals surface area contributed by atoms with Crippen LogP contribution in [-0.2, 0) is 0 Å². The first-order chi connectivity index (χ1) is 9.16. The average molecular weight is 260 g/mol. The van der Waals surface area contributed by atoms with E-state index in [1.807, 2.05) is 49.3 Å². The van der Waals surface area contributed by atoms with Gasteiger partial charge in [0.1, 0.15) is 0 Å². The van der Waals surface area contributed by atoms with Gasteiger partial charge in [-0.1, -0.05) is 30.3 Å². The van der Waals surface area contributed by atoms with Gasteiger partial charge >= 0.3 is 6.03 Å². The minimum absolute atomic E-state index is 0.00553. The summed E-state index contributed by atoms with van der Waals surface area (Å²) in [5.41, 5.74) is 1.00. The summed E-state index contributed by atoms with van der Waals surface area (Å²) in [6.45, 7) is 3.04. The molecule has 0 aromatic heterocycles. The number of carbonyl (C=O) groups excluding carboxylic acids is 1. The number of rotatable bonds is 5. The molecule has 19 heavy (non-hydrogen) atoms. The first kappa shape index (κ1) is 13.5. The lowest BCUT2D eigenvalue weighted by molar-refractivity contribution is 0.190. The predicted octanol–water partition coefficient (Wildman–Crippen LogP) is 1.32. The molecule has 5 heteroatoms. The zero-order valence-electron chi connectivity index (χ0n) is 11.5. The maximum Gasteiger partial charge on any atom is 0.340 e. The Morgan fingerprint density at radius 1 is 1.26 bits per heavy atom. The number of hydrogen-bond acceptors (Lipinski definition) is 3. The van der Waals surface area contributed by atoms with Crippen LogP contribution >= 0.6 is 0 Å². The van der Waals surface area contributed by atoms with Crippen molar-refractivity contribution >= 4 is 12.2 Å². The van der Waals surface area contributed by atoms with Crippen LogP contribution in [-0.4, -0.2) is 67.3 Å². The standard InChI is InChI=1S/C14H20N4O/c1-16(2)8-9-17-10-11-18(14(17)19)15-12-13-6-4-3-5-7-13/h3-7,12H,8-11H2,1-2H3/b15-12+. The third-order valence-electron chi connectivity index (χ3n) is 3.04. The molecule has 0 saturated carbocycles. The summed E-state index contributed by atoms with van der Waals surface area (Å²) in [6, 6.07) is 9.80. The van der Waals surface area contributed by atoms with Crippen LogP contribution in [0.5, 0.6) is 0 Å². The first-order valence-electron chi connectivity index (χ1n) is 6.47. The van der Waals surface area contributed by atoms with Gasteiger partial charge in [0.15, 0.2) is 0 Å². The summed E-state index contributed by atoms with van der Waals surface area (Å²) in [5.74, 6) is 0. The molecule has 1 aromatic carbocycles. The quantitative estimate of drug-likeness (QED) is 0.749. The Hall–Kier alpha value is -1.88. The molecule has 1 heterocycles. The number of likely N-dealkylation sites (N-methyl/N-ethyl adjacent to an activating group) is 1. The third kappa shape index (κ3) is 3.79. The summed E-state index contributed by atoms with van der Waals surface area (Å²) in [4.78, 5) is 16.0. The van der Waals surface area contributed by atoms with Crippen LogP contribution in [0.3, 0.4) is 0 Å². The zero-order valence-corrected chi connectivity index (χ0v) is 11.5. The number of urea groups is 1. The van der Waals surface area contributed by atoms with E-state index in [1.54, 1.807) is 6.21 Å². The van der Waals surface area contributed by atoms with Crippen molar-refractivity contribution < 1.29 is 4.79 Å². The van der Waals surface area contributed by atoms with E-state index in [1.165, 1.54) is 5.01 Å². The van der Waals surface area contributed by atoms with Crippen LogP contribution in [0.25, 0.3) is 0 Å². The van der Waals surface area contributed by atoms with Crippen molar-refractivity contribution in [3.05, 3.63) is 35.9 Å². The van der Waals surface area contributed by atoms with Gasteiger partial charge in [-0.3, -0.25) is 0 Å². The van der Waals surface area contributed by atoms with E-state index < -0.39 is 0 Å². The van der Waals surface area contributed by atoms with E-state index in [-0.39, 0.29) is 6.03 Å². The molecule has 2 amide bonds. The molecule has 2 rings (SSSR count). The van der Waals surface area contributed by atoms with Crippen LogP contribution in [0.2, 0.25) is 0 Å². The Morgan fingerprint density at radius 3 is 2.68 bits per heavy atom. The Balaban J connectivity index is 1.89. The molecule has 0 N–H and O–H groups in total.